The fourth-order valence-electron chi connectivity index (χ4n) is 1.80. The molecule has 2 aromatic carbocycles. The van der Waals surface area contributed by atoms with Gasteiger partial charge in [-0.05, 0) is 29.8 Å². The lowest BCUT2D eigenvalue weighted by Gasteiger charge is -2.08. The van der Waals surface area contributed by atoms with E-state index in [9.17, 15) is 4.79 Å². The minimum Gasteiger partial charge on any atom is -0.497 e. The molecule has 2 rings (SSSR count). The Labute approximate surface area is 126 Å². The first kappa shape index (κ1) is 14.4. The van der Waals surface area contributed by atoms with Crippen LogP contribution in [0.15, 0.2) is 46.9 Å². The van der Waals surface area contributed by atoms with Crippen molar-refractivity contribution < 1.29 is 9.53 Å². The Bertz CT molecular complexity index is 629. The summed E-state index contributed by atoms with van der Waals surface area (Å²) in [5.74, 6) is 0.383. The van der Waals surface area contributed by atoms with Crippen LogP contribution in [0.2, 0.25) is 0 Å². The first-order valence-corrected chi connectivity index (χ1v) is 6.85. The molecule has 104 valence electrons. The van der Waals surface area contributed by atoms with Gasteiger partial charge in [0.25, 0.3) is 5.91 Å². The van der Waals surface area contributed by atoms with Gasteiger partial charge in [-0.3, -0.25) is 4.79 Å². The Hall–Kier alpha value is -2.01. The van der Waals surface area contributed by atoms with Gasteiger partial charge in [-0.1, -0.05) is 28.1 Å². The molecule has 0 radical (unpaired) electrons. The molecular formula is C15H15BrN2O2. The van der Waals surface area contributed by atoms with Crippen molar-refractivity contribution in [2.75, 3.05) is 12.8 Å². The average Bonchev–Trinajstić information content (AvgIpc) is 2.44. The number of ether oxygens (including phenoxy) is 1. The number of anilines is 1. The molecule has 0 saturated heterocycles. The van der Waals surface area contributed by atoms with E-state index in [0.29, 0.717) is 23.5 Å². The molecule has 20 heavy (non-hydrogen) atoms. The molecule has 0 fully saturated rings. The molecule has 0 heterocycles. The van der Waals surface area contributed by atoms with Gasteiger partial charge in [0.05, 0.1) is 7.11 Å². The highest BCUT2D eigenvalue weighted by Gasteiger charge is 2.08. The summed E-state index contributed by atoms with van der Waals surface area (Å²) in [5, 5.41) is 2.85. The maximum absolute atomic E-state index is 12.1. The monoisotopic (exact) mass is 334 g/mol. The lowest BCUT2D eigenvalue weighted by Crippen LogP contribution is -2.22. The van der Waals surface area contributed by atoms with E-state index in [0.717, 1.165) is 10.0 Å². The van der Waals surface area contributed by atoms with Gasteiger partial charge < -0.3 is 15.8 Å². The van der Waals surface area contributed by atoms with Crippen LogP contribution >= 0.6 is 15.9 Å². The summed E-state index contributed by atoms with van der Waals surface area (Å²) in [7, 11) is 1.54. The molecule has 0 aliphatic rings. The summed E-state index contributed by atoms with van der Waals surface area (Å²) in [5.41, 5.74) is 7.73. The molecule has 0 aromatic heterocycles. The zero-order chi connectivity index (χ0) is 14.5. The zero-order valence-electron chi connectivity index (χ0n) is 11.0. The zero-order valence-corrected chi connectivity index (χ0v) is 12.6. The Morgan fingerprint density at radius 3 is 2.80 bits per heavy atom. The second kappa shape index (κ2) is 6.43. The lowest BCUT2D eigenvalue weighted by atomic mass is 10.1. The van der Waals surface area contributed by atoms with Crippen LogP contribution in [0.3, 0.4) is 0 Å². The second-order valence-electron chi connectivity index (χ2n) is 4.31. The molecule has 2 aromatic rings. The minimum absolute atomic E-state index is 0.185. The van der Waals surface area contributed by atoms with E-state index in [1.54, 1.807) is 18.2 Å². The Balaban J connectivity index is 2.07. The molecule has 4 nitrogen and oxygen atoms in total. The number of nitrogen functional groups attached to an aromatic ring is 1. The topological polar surface area (TPSA) is 64.3 Å². The fraction of sp³-hybridized carbons (Fsp3) is 0.133. The third-order valence-corrected chi connectivity index (χ3v) is 3.26. The van der Waals surface area contributed by atoms with Crippen molar-refractivity contribution in [2.45, 2.75) is 6.54 Å². The van der Waals surface area contributed by atoms with E-state index in [4.69, 9.17) is 10.5 Å². The molecule has 1 amide bonds. The highest BCUT2D eigenvalue weighted by atomic mass is 79.9. The van der Waals surface area contributed by atoms with Crippen LogP contribution in [0, 0.1) is 0 Å². The number of halogens is 1. The predicted molar refractivity (Wildman–Crippen MR) is 82.7 cm³/mol. The van der Waals surface area contributed by atoms with Crippen molar-refractivity contribution in [3.8, 4) is 5.75 Å². The first-order chi connectivity index (χ1) is 9.58. The van der Waals surface area contributed by atoms with Crippen LogP contribution < -0.4 is 15.8 Å². The van der Waals surface area contributed by atoms with Crippen LogP contribution in [0.4, 0.5) is 5.69 Å². The SMILES string of the molecule is COc1cc(N)cc(C(=O)NCc2cccc(Br)c2)c1. The third kappa shape index (κ3) is 3.74. The molecule has 5 heteroatoms. The summed E-state index contributed by atoms with van der Waals surface area (Å²) >= 11 is 3.40. The van der Waals surface area contributed by atoms with Gasteiger partial charge in [-0.15, -0.1) is 0 Å². The maximum atomic E-state index is 12.1. The highest BCUT2D eigenvalue weighted by molar-refractivity contribution is 9.10. The van der Waals surface area contributed by atoms with E-state index < -0.39 is 0 Å². The number of methoxy groups -OCH3 is 1. The number of benzene rings is 2. The molecule has 0 unspecified atom stereocenters. The molecule has 0 aliphatic carbocycles. The van der Waals surface area contributed by atoms with Gasteiger partial charge in [0, 0.05) is 28.3 Å². The number of carbonyl (C=O) groups is 1. The minimum atomic E-state index is -0.185. The third-order valence-electron chi connectivity index (χ3n) is 2.77. The van der Waals surface area contributed by atoms with Gasteiger partial charge in [0.2, 0.25) is 0 Å². The number of rotatable bonds is 4. The number of nitrogens with two attached hydrogens (primary N) is 1. The van der Waals surface area contributed by atoms with Crippen molar-refractivity contribution in [2.24, 2.45) is 0 Å². The average molecular weight is 335 g/mol. The smallest absolute Gasteiger partial charge is 0.251 e. The van der Waals surface area contributed by atoms with Gasteiger partial charge >= 0.3 is 0 Å². The maximum Gasteiger partial charge on any atom is 0.251 e. The van der Waals surface area contributed by atoms with E-state index in [-0.39, 0.29) is 5.91 Å². The summed E-state index contributed by atoms with van der Waals surface area (Å²) < 4.78 is 6.08. The van der Waals surface area contributed by atoms with Crippen molar-refractivity contribution in [3.63, 3.8) is 0 Å². The normalized spacial score (nSPS) is 10.1. The van der Waals surface area contributed by atoms with Gasteiger partial charge in [0.1, 0.15) is 5.75 Å². The number of nitrogens with one attached hydrogen (secondary N) is 1. The standard InChI is InChI=1S/C15H15BrN2O2/c1-20-14-7-11(6-13(17)8-14)15(19)18-9-10-3-2-4-12(16)5-10/h2-8H,9,17H2,1H3,(H,18,19). The van der Waals surface area contributed by atoms with E-state index in [1.807, 2.05) is 24.3 Å². The molecule has 0 aliphatic heterocycles. The van der Waals surface area contributed by atoms with Crippen LogP contribution in [0.25, 0.3) is 0 Å². The Morgan fingerprint density at radius 2 is 2.10 bits per heavy atom. The van der Waals surface area contributed by atoms with Crippen LogP contribution in [-0.4, -0.2) is 13.0 Å². The van der Waals surface area contributed by atoms with Crippen LogP contribution in [0.1, 0.15) is 15.9 Å². The number of amides is 1. The quantitative estimate of drug-likeness (QED) is 0.845. The van der Waals surface area contributed by atoms with Crippen molar-refractivity contribution in [1.82, 2.24) is 5.32 Å². The van der Waals surface area contributed by atoms with Crippen LogP contribution in [0.5, 0.6) is 5.75 Å². The van der Waals surface area contributed by atoms with Gasteiger partial charge in [0.15, 0.2) is 0 Å². The molecular weight excluding hydrogens is 320 g/mol. The first-order valence-electron chi connectivity index (χ1n) is 6.05. The number of hydrogen-bond donors (Lipinski definition) is 2. The lowest BCUT2D eigenvalue weighted by molar-refractivity contribution is 0.0950. The van der Waals surface area contributed by atoms with Gasteiger partial charge in [-0.25, -0.2) is 0 Å². The predicted octanol–water partition coefficient (Wildman–Crippen LogP) is 2.97. The number of hydrogen-bond acceptors (Lipinski definition) is 3. The van der Waals surface area contributed by atoms with Crippen molar-refractivity contribution in [3.05, 3.63) is 58.1 Å². The fourth-order valence-corrected chi connectivity index (χ4v) is 2.25. The van der Waals surface area contributed by atoms with E-state index >= 15 is 0 Å². The molecule has 0 spiro atoms. The highest BCUT2D eigenvalue weighted by Crippen LogP contribution is 2.18. The van der Waals surface area contributed by atoms with E-state index in [1.165, 1.54) is 7.11 Å². The summed E-state index contributed by atoms with van der Waals surface area (Å²) in [6.07, 6.45) is 0. The van der Waals surface area contributed by atoms with Crippen LogP contribution in [-0.2, 0) is 6.54 Å². The van der Waals surface area contributed by atoms with Crippen molar-refractivity contribution in [1.29, 1.82) is 0 Å². The summed E-state index contributed by atoms with van der Waals surface area (Å²) in [6.45, 7) is 0.454. The Morgan fingerprint density at radius 1 is 1.30 bits per heavy atom. The van der Waals surface area contributed by atoms with E-state index in [2.05, 4.69) is 21.2 Å². The molecule has 0 atom stereocenters. The molecule has 0 bridgehead atoms. The van der Waals surface area contributed by atoms with Crippen molar-refractivity contribution >= 4 is 27.5 Å². The Kier molecular flexibility index (Phi) is 4.63. The largest absolute Gasteiger partial charge is 0.497 e. The summed E-state index contributed by atoms with van der Waals surface area (Å²) in [4.78, 5) is 12.1. The number of carbonyl (C=O) groups excluding carboxylic acids is 1. The summed E-state index contributed by atoms with van der Waals surface area (Å²) in [6, 6.07) is 12.7. The molecule has 3 N–H and O–H groups in total. The second-order valence-corrected chi connectivity index (χ2v) is 5.22. The molecule has 0 saturated carbocycles. The van der Waals surface area contributed by atoms with Gasteiger partial charge in [-0.2, -0.15) is 0 Å².